The van der Waals surface area contributed by atoms with Crippen molar-refractivity contribution in [3.63, 3.8) is 0 Å². The number of nitrogens with one attached hydrogen (secondary N) is 1. The summed E-state index contributed by atoms with van der Waals surface area (Å²) in [6.07, 6.45) is 0. The standard InChI is InChI=1S/C17H19N3O2S/c1-20(2)15(13-8-4-3-5-9-13)12-18-17-14-10-6-7-11-16(14)23(21,22)19-17/h3-11,15H,12H2,1-2H3,(H,18,19)/t15-/m0/s1. The second-order valence-electron chi connectivity index (χ2n) is 5.68. The number of hydrogen-bond donors (Lipinski definition) is 1. The minimum Gasteiger partial charge on any atom is -0.301 e. The summed E-state index contributed by atoms with van der Waals surface area (Å²) in [6.45, 7) is 0.475. The summed E-state index contributed by atoms with van der Waals surface area (Å²) in [4.78, 5) is 6.91. The van der Waals surface area contributed by atoms with E-state index >= 15 is 0 Å². The quantitative estimate of drug-likeness (QED) is 0.933. The second-order valence-corrected chi connectivity index (χ2v) is 7.33. The van der Waals surface area contributed by atoms with E-state index in [1.165, 1.54) is 0 Å². The first-order chi connectivity index (χ1) is 11.0. The Morgan fingerprint density at radius 2 is 1.70 bits per heavy atom. The van der Waals surface area contributed by atoms with Crippen LogP contribution in [0.3, 0.4) is 0 Å². The Balaban J connectivity index is 1.91. The summed E-state index contributed by atoms with van der Waals surface area (Å²) in [5.41, 5.74) is 1.79. The van der Waals surface area contributed by atoms with Gasteiger partial charge in [-0.2, -0.15) is 0 Å². The molecule has 1 aliphatic rings. The fourth-order valence-electron chi connectivity index (χ4n) is 2.67. The van der Waals surface area contributed by atoms with Crippen LogP contribution in [0, 0.1) is 0 Å². The van der Waals surface area contributed by atoms with Crippen molar-refractivity contribution in [1.29, 1.82) is 0 Å². The van der Waals surface area contributed by atoms with Gasteiger partial charge >= 0.3 is 0 Å². The van der Waals surface area contributed by atoms with E-state index in [4.69, 9.17) is 0 Å². The van der Waals surface area contributed by atoms with E-state index in [1.807, 2.05) is 38.4 Å². The lowest BCUT2D eigenvalue weighted by Gasteiger charge is -2.23. The van der Waals surface area contributed by atoms with Crippen LogP contribution in [0.15, 0.2) is 64.5 Å². The molecule has 2 aromatic rings. The molecule has 0 aromatic heterocycles. The largest absolute Gasteiger partial charge is 0.301 e. The number of amidine groups is 1. The van der Waals surface area contributed by atoms with Gasteiger partial charge in [-0.25, -0.2) is 8.42 Å². The molecule has 0 aliphatic carbocycles. The molecule has 0 amide bonds. The highest BCUT2D eigenvalue weighted by Gasteiger charge is 2.30. The predicted molar refractivity (Wildman–Crippen MR) is 91.0 cm³/mol. The zero-order valence-electron chi connectivity index (χ0n) is 13.1. The molecule has 0 radical (unpaired) electrons. The first-order valence-electron chi connectivity index (χ1n) is 7.37. The minimum absolute atomic E-state index is 0.0842. The number of nitrogens with zero attached hydrogens (tertiary/aromatic N) is 2. The average Bonchev–Trinajstić information content (AvgIpc) is 2.80. The highest BCUT2D eigenvalue weighted by atomic mass is 32.2. The van der Waals surface area contributed by atoms with Gasteiger partial charge in [0, 0.05) is 5.56 Å². The van der Waals surface area contributed by atoms with E-state index in [9.17, 15) is 8.42 Å². The molecule has 0 unspecified atom stereocenters. The summed E-state index contributed by atoms with van der Waals surface area (Å²) in [5, 5.41) is 0. The summed E-state index contributed by atoms with van der Waals surface area (Å²) < 4.78 is 26.8. The van der Waals surface area contributed by atoms with E-state index in [1.54, 1.807) is 18.2 Å². The number of likely N-dealkylation sites (N-methyl/N-ethyl adjacent to an activating group) is 1. The van der Waals surface area contributed by atoms with Crippen LogP contribution < -0.4 is 4.72 Å². The second kappa shape index (κ2) is 6.14. The molecule has 0 saturated heterocycles. The third-order valence-corrected chi connectivity index (χ3v) is 5.29. The van der Waals surface area contributed by atoms with Gasteiger partial charge in [-0.15, -0.1) is 0 Å². The third-order valence-electron chi connectivity index (χ3n) is 3.89. The Bertz CT molecular complexity index is 830. The Morgan fingerprint density at radius 3 is 2.39 bits per heavy atom. The lowest BCUT2D eigenvalue weighted by atomic mass is 10.1. The van der Waals surface area contributed by atoms with Crippen molar-refractivity contribution < 1.29 is 8.42 Å². The van der Waals surface area contributed by atoms with Gasteiger partial charge < -0.3 is 4.90 Å². The van der Waals surface area contributed by atoms with Gasteiger partial charge in [0.05, 0.1) is 17.5 Å². The molecule has 0 spiro atoms. The minimum atomic E-state index is -3.48. The monoisotopic (exact) mass is 329 g/mol. The van der Waals surface area contributed by atoms with Crippen molar-refractivity contribution in [2.75, 3.05) is 20.6 Å². The number of benzene rings is 2. The Labute approximate surface area is 136 Å². The molecule has 0 fully saturated rings. The van der Waals surface area contributed by atoms with E-state index in [2.05, 4.69) is 26.7 Å². The van der Waals surface area contributed by atoms with Crippen molar-refractivity contribution in [2.24, 2.45) is 4.99 Å². The molecule has 2 aromatic carbocycles. The Morgan fingerprint density at radius 1 is 1.04 bits per heavy atom. The van der Waals surface area contributed by atoms with Crippen molar-refractivity contribution >= 4 is 15.9 Å². The molecule has 1 aliphatic heterocycles. The lowest BCUT2D eigenvalue weighted by Crippen LogP contribution is -2.26. The lowest BCUT2D eigenvalue weighted by molar-refractivity contribution is 0.306. The van der Waals surface area contributed by atoms with Crippen LogP contribution in [0.25, 0.3) is 0 Å². The van der Waals surface area contributed by atoms with Crippen molar-refractivity contribution in [3.05, 3.63) is 65.7 Å². The van der Waals surface area contributed by atoms with Gasteiger partial charge in [0.25, 0.3) is 10.0 Å². The fourth-order valence-corrected chi connectivity index (χ4v) is 3.92. The van der Waals surface area contributed by atoms with Gasteiger partial charge in [-0.3, -0.25) is 9.71 Å². The molecule has 6 heteroatoms. The predicted octanol–water partition coefficient (Wildman–Crippen LogP) is 2.03. The number of hydrogen-bond acceptors (Lipinski definition) is 4. The number of aliphatic imine (C=N–C) groups is 1. The van der Waals surface area contributed by atoms with Gasteiger partial charge in [-0.05, 0) is 31.8 Å². The zero-order chi connectivity index (χ0) is 16.4. The van der Waals surface area contributed by atoms with Crippen LogP contribution in [0.4, 0.5) is 0 Å². The van der Waals surface area contributed by atoms with Gasteiger partial charge in [0.15, 0.2) is 0 Å². The maximum absolute atomic E-state index is 12.1. The molecule has 1 heterocycles. The first-order valence-corrected chi connectivity index (χ1v) is 8.85. The molecular weight excluding hydrogens is 310 g/mol. The molecule has 1 N–H and O–H groups in total. The van der Waals surface area contributed by atoms with Crippen LogP contribution in [-0.2, 0) is 10.0 Å². The van der Waals surface area contributed by atoms with Crippen molar-refractivity contribution in [2.45, 2.75) is 10.9 Å². The van der Waals surface area contributed by atoms with E-state index < -0.39 is 10.0 Å². The highest BCUT2D eigenvalue weighted by molar-refractivity contribution is 7.90. The smallest absolute Gasteiger partial charge is 0.263 e. The van der Waals surface area contributed by atoms with Gasteiger partial charge in [0.1, 0.15) is 5.84 Å². The fraction of sp³-hybridized carbons (Fsp3) is 0.235. The molecule has 5 nitrogen and oxygen atoms in total. The molecule has 0 saturated carbocycles. The van der Waals surface area contributed by atoms with Gasteiger partial charge in [0.2, 0.25) is 0 Å². The summed E-state index contributed by atoms with van der Waals surface area (Å²) in [6, 6.07) is 17.1. The van der Waals surface area contributed by atoms with Crippen LogP contribution in [0.1, 0.15) is 17.2 Å². The normalized spacial score (nSPS) is 18.7. The van der Waals surface area contributed by atoms with E-state index in [0.717, 1.165) is 5.56 Å². The molecular formula is C17H19N3O2S. The molecule has 120 valence electrons. The first kappa shape index (κ1) is 15.7. The Kier molecular flexibility index (Phi) is 4.19. The summed E-state index contributed by atoms with van der Waals surface area (Å²) in [7, 11) is 0.499. The van der Waals surface area contributed by atoms with Crippen LogP contribution in [-0.4, -0.2) is 39.8 Å². The average molecular weight is 329 g/mol. The number of rotatable bonds is 4. The van der Waals surface area contributed by atoms with Crippen molar-refractivity contribution in [3.8, 4) is 0 Å². The van der Waals surface area contributed by atoms with Crippen molar-refractivity contribution in [1.82, 2.24) is 9.62 Å². The molecule has 23 heavy (non-hydrogen) atoms. The molecule has 3 rings (SSSR count). The van der Waals surface area contributed by atoms with Crippen LogP contribution in [0.2, 0.25) is 0 Å². The maximum atomic E-state index is 12.1. The summed E-state index contributed by atoms with van der Waals surface area (Å²) >= 11 is 0. The zero-order valence-corrected chi connectivity index (χ0v) is 13.9. The SMILES string of the molecule is CN(C)[C@@H](CN=C1NS(=O)(=O)c2ccccc21)c1ccccc1. The third kappa shape index (κ3) is 3.13. The Hall–Kier alpha value is -2.18. The van der Waals surface area contributed by atoms with Gasteiger partial charge in [-0.1, -0.05) is 42.5 Å². The molecule has 1 atom stereocenters. The number of fused-ring (bicyclic) bond motifs is 1. The highest BCUT2D eigenvalue weighted by Crippen LogP contribution is 2.24. The summed E-state index contributed by atoms with van der Waals surface area (Å²) in [5.74, 6) is 0.420. The molecule has 0 bridgehead atoms. The van der Waals surface area contributed by atoms with E-state index in [0.29, 0.717) is 22.8 Å². The van der Waals surface area contributed by atoms with Crippen LogP contribution >= 0.6 is 0 Å². The van der Waals surface area contributed by atoms with Crippen LogP contribution in [0.5, 0.6) is 0 Å². The maximum Gasteiger partial charge on any atom is 0.263 e. The van der Waals surface area contributed by atoms with E-state index in [-0.39, 0.29) is 6.04 Å². The topological polar surface area (TPSA) is 61.8 Å². The number of sulfonamides is 1.